The molecule has 21 heavy (non-hydrogen) atoms. The molecule has 112 valence electrons. The first-order valence-electron chi connectivity index (χ1n) is 7.42. The molecule has 0 saturated heterocycles. The summed E-state index contributed by atoms with van der Waals surface area (Å²) in [6.07, 6.45) is 3.59. The van der Waals surface area contributed by atoms with Gasteiger partial charge in [0, 0.05) is 13.7 Å². The summed E-state index contributed by atoms with van der Waals surface area (Å²) < 4.78 is 6.88. The van der Waals surface area contributed by atoms with E-state index in [1.54, 1.807) is 7.11 Å². The second kappa shape index (κ2) is 6.32. The van der Waals surface area contributed by atoms with Gasteiger partial charge < -0.3 is 10.1 Å². The van der Waals surface area contributed by atoms with Crippen LogP contribution in [0.3, 0.4) is 0 Å². The normalized spacial score (nSPS) is 15.1. The first-order chi connectivity index (χ1) is 10.3. The van der Waals surface area contributed by atoms with Crippen molar-refractivity contribution in [1.29, 1.82) is 0 Å². The summed E-state index contributed by atoms with van der Waals surface area (Å²) in [5.74, 6) is 0.823. The van der Waals surface area contributed by atoms with Crippen molar-refractivity contribution in [3.8, 4) is 5.69 Å². The van der Waals surface area contributed by atoms with E-state index < -0.39 is 0 Å². The third-order valence-electron chi connectivity index (χ3n) is 3.96. The van der Waals surface area contributed by atoms with Crippen molar-refractivity contribution >= 4 is 0 Å². The van der Waals surface area contributed by atoms with E-state index in [1.807, 2.05) is 4.68 Å². The van der Waals surface area contributed by atoms with E-state index in [0.29, 0.717) is 6.61 Å². The van der Waals surface area contributed by atoms with Crippen LogP contribution in [0.5, 0.6) is 0 Å². The van der Waals surface area contributed by atoms with E-state index in [0.717, 1.165) is 24.5 Å². The second-order valence-corrected chi connectivity index (χ2v) is 5.42. The van der Waals surface area contributed by atoms with Crippen LogP contribution in [0.1, 0.15) is 36.3 Å². The number of methoxy groups -OCH3 is 1. The number of aryl methyl sites for hydroxylation is 2. The molecule has 6 heteroatoms. The van der Waals surface area contributed by atoms with Crippen molar-refractivity contribution < 1.29 is 4.74 Å². The average molecular weight is 287 g/mol. The smallest absolute Gasteiger partial charge is 0.173 e. The van der Waals surface area contributed by atoms with Gasteiger partial charge in [-0.05, 0) is 59.9 Å². The minimum atomic E-state index is 0.0726. The Bertz CT molecular complexity index is 610. The molecule has 0 saturated carbocycles. The highest BCUT2D eigenvalue weighted by Crippen LogP contribution is 2.25. The molecule has 1 aliphatic rings. The predicted octanol–water partition coefficient (Wildman–Crippen LogP) is 1.45. The van der Waals surface area contributed by atoms with Gasteiger partial charge in [0.2, 0.25) is 0 Å². The summed E-state index contributed by atoms with van der Waals surface area (Å²) in [5, 5.41) is 15.5. The number of fused-ring (bicyclic) bond motifs is 1. The zero-order valence-electron chi connectivity index (χ0n) is 12.5. The number of benzene rings is 1. The lowest BCUT2D eigenvalue weighted by molar-refractivity contribution is 0.196. The molecule has 2 aromatic rings. The summed E-state index contributed by atoms with van der Waals surface area (Å²) in [5.41, 5.74) is 3.92. The molecule has 0 amide bonds. The van der Waals surface area contributed by atoms with Gasteiger partial charge in [-0.25, -0.2) is 0 Å². The van der Waals surface area contributed by atoms with Gasteiger partial charge in [0.1, 0.15) is 0 Å². The maximum absolute atomic E-state index is 5.05. The predicted molar refractivity (Wildman–Crippen MR) is 79.5 cm³/mol. The van der Waals surface area contributed by atoms with Crippen molar-refractivity contribution in [3.63, 3.8) is 0 Å². The van der Waals surface area contributed by atoms with Gasteiger partial charge in [0.05, 0.1) is 18.3 Å². The van der Waals surface area contributed by atoms with Crippen LogP contribution in [0.4, 0.5) is 0 Å². The molecule has 1 unspecified atom stereocenters. The fourth-order valence-electron chi connectivity index (χ4n) is 2.81. The Kier molecular flexibility index (Phi) is 4.26. The molecule has 1 heterocycles. The van der Waals surface area contributed by atoms with Crippen molar-refractivity contribution in [2.75, 3.05) is 20.3 Å². The van der Waals surface area contributed by atoms with Gasteiger partial charge >= 0.3 is 0 Å². The molecular formula is C15H21N5O. The molecule has 6 nitrogen and oxygen atoms in total. The third kappa shape index (κ3) is 2.96. The highest BCUT2D eigenvalue weighted by molar-refractivity contribution is 5.42. The van der Waals surface area contributed by atoms with E-state index in [9.17, 15) is 0 Å². The van der Waals surface area contributed by atoms with Crippen LogP contribution in [0.15, 0.2) is 18.2 Å². The van der Waals surface area contributed by atoms with Crippen molar-refractivity contribution in [1.82, 2.24) is 25.5 Å². The largest absolute Gasteiger partial charge is 0.383 e. The average Bonchev–Trinajstić information content (AvgIpc) is 3.15. The van der Waals surface area contributed by atoms with Gasteiger partial charge in [-0.15, -0.1) is 5.10 Å². The first kappa shape index (κ1) is 14.2. The summed E-state index contributed by atoms with van der Waals surface area (Å²) >= 11 is 0. The molecule has 0 radical (unpaired) electrons. The highest BCUT2D eigenvalue weighted by Gasteiger charge is 2.17. The van der Waals surface area contributed by atoms with Crippen LogP contribution in [0, 0.1) is 0 Å². The van der Waals surface area contributed by atoms with Crippen LogP contribution in [-0.4, -0.2) is 40.5 Å². The Hall–Kier alpha value is -1.79. The monoisotopic (exact) mass is 287 g/mol. The Labute approximate surface area is 124 Å². The van der Waals surface area contributed by atoms with Crippen LogP contribution in [0.2, 0.25) is 0 Å². The molecule has 0 aliphatic heterocycles. The van der Waals surface area contributed by atoms with Crippen LogP contribution < -0.4 is 5.32 Å². The summed E-state index contributed by atoms with van der Waals surface area (Å²) in [4.78, 5) is 0. The Morgan fingerprint density at radius 3 is 3.05 bits per heavy atom. The van der Waals surface area contributed by atoms with E-state index >= 15 is 0 Å². The van der Waals surface area contributed by atoms with Gasteiger partial charge in [0.25, 0.3) is 0 Å². The molecule has 1 aliphatic carbocycles. The molecule has 3 rings (SSSR count). The number of nitrogens with zero attached hydrogens (tertiary/aromatic N) is 4. The van der Waals surface area contributed by atoms with Crippen molar-refractivity contribution in [2.24, 2.45) is 0 Å². The molecule has 0 spiro atoms. The van der Waals surface area contributed by atoms with Crippen LogP contribution >= 0.6 is 0 Å². The zero-order chi connectivity index (χ0) is 14.7. The summed E-state index contributed by atoms with van der Waals surface area (Å²) in [6, 6.07) is 6.59. The number of hydrogen-bond donors (Lipinski definition) is 1. The number of rotatable bonds is 6. The molecule has 0 fully saturated rings. The van der Waals surface area contributed by atoms with Crippen molar-refractivity contribution in [2.45, 2.75) is 32.2 Å². The standard InChI is InChI=1S/C15H21N5O/c1-11(16-8-9-21-2)15-17-18-19-20(15)14-7-6-12-4-3-5-13(12)10-14/h6-7,10-11,16H,3-5,8-9H2,1-2H3. The first-order valence-corrected chi connectivity index (χ1v) is 7.42. The molecule has 1 N–H and O–H groups in total. The SMILES string of the molecule is COCCNC(C)c1nnnn1-c1ccc2c(c1)CCC2. The van der Waals surface area contributed by atoms with E-state index in [2.05, 4.69) is 46.0 Å². The third-order valence-corrected chi connectivity index (χ3v) is 3.96. The maximum atomic E-state index is 5.05. The second-order valence-electron chi connectivity index (χ2n) is 5.42. The summed E-state index contributed by atoms with van der Waals surface area (Å²) in [6.45, 7) is 3.50. The lowest BCUT2D eigenvalue weighted by Crippen LogP contribution is -2.25. The lowest BCUT2D eigenvalue weighted by atomic mass is 10.1. The fourth-order valence-corrected chi connectivity index (χ4v) is 2.81. The van der Waals surface area contributed by atoms with E-state index in [4.69, 9.17) is 4.74 Å². The van der Waals surface area contributed by atoms with Crippen LogP contribution in [-0.2, 0) is 17.6 Å². The topological polar surface area (TPSA) is 64.9 Å². The highest BCUT2D eigenvalue weighted by atomic mass is 16.5. The Morgan fingerprint density at radius 2 is 2.19 bits per heavy atom. The number of aromatic nitrogens is 4. The number of nitrogens with one attached hydrogen (secondary N) is 1. The number of tetrazole rings is 1. The minimum absolute atomic E-state index is 0.0726. The fraction of sp³-hybridized carbons (Fsp3) is 0.533. The van der Waals surface area contributed by atoms with Gasteiger partial charge in [0.15, 0.2) is 5.82 Å². The Morgan fingerprint density at radius 1 is 1.33 bits per heavy atom. The zero-order valence-corrected chi connectivity index (χ0v) is 12.5. The molecular weight excluding hydrogens is 266 g/mol. The van der Waals surface area contributed by atoms with Crippen LogP contribution in [0.25, 0.3) is 5.69 Å². The number of hydrogen-bond acceptors (Lipinski definition) is 5. The lowest BCUT2D eigenvalue weighted by Gasteiger charge is -2.13. The van der Waals surface area contributed by atoms with Gasteiger partial charge in [-0.2, -0.15) is 4.68 Å². The summed E-state index contributed by atoms with van der Waals surface area (Å²) in [7, 11) is 1.70. The van der Waals surface area contributed by atoms with Gasteiger partial charge in [-0.1, -0.05) is 6.07 Å². The van der Waals surface area contributed by atoms with Gasteiger partial charge in [-0.3, -0.25) is 0 Å². The molecule has 0 bridgehead atoms. The molecule has 1 atom stereocenters. The molecule has 1 aromatic carbocycles. The Balaban J connectivity index is 1.81. The quantitative estimate of drug-likeness (QED) is 0.815. The number of ether oxygens (including phenoxy) is 1. The maximum Gasteiger partial charge on any atom is 0.173 e. The van der Waals surface area contributed by atoms with E-state index in [-0.39, 0.29) is 6.04 Å². The van der Waals surface area contributed by atoms with Crippen molar-refractivity contribution in [3.05, 3.63) is 35.2 Å². The molecule has 1 aromatic heterocycles. The minimum Gasteiger partial charge on any atom is -0.383 e. The van der Waals surface area contributed by atoms with E-state index in [1.165, 1.54) is 24.0 Å².